The van der Waals surface area contributed by atoms with Crippen molar-refractivity contribution < 1.29 is 49.1 Å². The van der Waals surface area contributed by atoms with Gasteiger partial charge in [0.05, 0.1) is 36.1 Å². The highest BCUT2D eigenvalue weighted by atomic mass is 16.6. The Balaban J connectivity index is 0.000000420. The van der Waals surface area contributed by atoms with E-state index >= 15 is 0 Å². The van der Waals surface area contributed by atoms with E-state index in [0.29, 0.717) is 38.8 Å². The first-order chi connectivity index (χ1) is 27.9. The fourth-order valence-corrected chi connectivity index (χ4v) is 6.68. The van der Waals surface area contributed by atoms with Gasteiger partial charge in [0.1, 0.15) is 11.2 Å². The van der Waals surface area contributed by atoms with E-state index < -0.39 is 46.2 Å². The van der Waals surface area contributed by atoms with E-state index in [1.165, 1.54) is 9.80 Å². The highest BCUT2D eigenvalue weighted by Crippen LogP contribution is 2.40. The van der Waals surface area contributed by atoms with E-state index in [1.54, 1.807) is 53.7 Å². The quantitative estimate of drug-likeness (QED) is 0.131. The monoisotopic (exact) mass is 841 g/mol. The Morgan fingerprint density at radius 1 is 0.667 bits per heavy atom. The summed E-state index contributed by atoms with van der Waals surface area (Å²) in [6, 6.07) is 18.6. The molecule has 0 aliphatic carbocycles. The summed E-state index contributed by atoms with van der Waals surface area (Å²) in [5.41, 5.74) is 9.96. The number of ether oxygens (including phenoxy) is 2. The summed E-state index contributed by atoms with van der Waals surface area (Å²) < 4.78 is 10.7. The number of carboxylic acid groups (broad SMARTS) is 2. The van der Waals surface area contributed by atoms with E-state index in [2.05, 4.69) is 13.2 Å². The van der Waals surface area contributed by atoms with Gasteiger partial charge in [-0.25, -0.2) is 9.59 Å². The number of aliphatic carboxylic acids is 2. The number of carboxylic acids is 2. The molecule has 8 N–H and O–H groups in total. The molecule has 60 heavy (non-hydrogen) atoms. The van der Waals surface area contributed by atoms with Crippen molar-refractivity contribution in [2.45, 2.75) is 104 Å². The molecule has 14 heteroatoms. The lowest BCUT2D eigenvalue weighted by Gasteiger charge is -2.42. The Bertz CT molecular complexity index is 1520. The summed E-state index contributed by atoms with van der Waals surface area (Å²) in [5.74, 6) is -2.16. The van der Waals surface area contributed by atoms with Crippen molar-refractivity contribution in [2.24, 2.45) is 34.1 Å². The fourth-order valence-electron chi connectivity index (χ4n) is 6.68. The van der Waals surface area contributed by atoms with Crippen LogP contribution in [-0.4, -0.2) is 105 Å². The van der Waals surface area contributed by atoms with Gasteiger partial charge in [-0.05, 0) is 90.2 Å². The minimum Gasteiger partial charge on any atom is -0.481 e. The second-order valence-electron chi connectivity index (χ2n) is 17.4. The number of carbonyl (C=O) groups is 4. The Morgan fingerprint density at radius 2 is 0.967 bits per heavy atom. The maximum atomic E-state index is 12.1. The van der Waals surface area contributed by atoms with Gasteiger partial charge in [0.25, 0.3) is 0 Å². The van der Waals surface area contributed by atoms with Gasteiger partial charge in [-0.3, -0.25) is 9.59 Å². The van der Waals surface area contributed by atoms with Gasteiger partial charge in [0.15, 0.2) is 0 Å². The third kappa shape index (κ3) is 16.7. The van der Waals surface area contributed by atoms with Crippen LogP contribution in [0.3, 0.4) is 0 Å². The van der Waals surface area contributed by atoms with Gasteiger partial charge in [-0.1, -0.05) is 86.7 Å². The molecule has 4 rings (SSSR count). The number of aliphatic hydroxyl groups excluding tert-OH is 2. The Morgan fingerprint density at radius 3 is 1.20 bits per heavy atom. The summed E-state index contributed by atoms with van der Waals surface area (Å²) in [6.45, 7) is 23.3. The molecule has 2 aromatic rings. The Labute approximate surface area is 357 Å². The first-order valence-corrected chi connectivity index (χ1v) is 20.4. The topological polar surface area (TPSA) is 226 Å². The number of piperidine rings is 2. The molecule has 2 aromatic carbocycles. The molecule has 0 bridgehead atoms. The number of nitrogens with zero attached hydrogens (tertiary/aromatic N) is 2. The van der Waals surface area contributed by atoms with Crippen LogP contribution >= 0.6 is 0 Å². The minimum atomic E-state index is -0.961. The molecule has 2 fully saturated rings. The molecular formula is C46H72N4O10. The highest BCUT2D eigenvalue weighted by Gasteiger charge is 2.48. The normalized spacial score (nSPS) is 20.9. The van der Waals surface area contributed by atoms with Gasteiger partial charge in [-0.15, -0.1) is 13.2 Å². The second kappa shape index (κ2) is 24.5. The maximum Gasteiger partial charge on any atom is 0.410 e. The van der Waals surface area contributed by atoms with E-state index in [1.807, 2.05) is 74.5 Å². The number of hydrogen-bond donors (Lipinski definition) is 6. The molecule has 0 saturated carbocycles. The lowest BCUT2D eigenvalue weighted by atomic mass is 9.70. The average molecular weight is 841 g/mol. The summed E-state index contributed by atoms with van der Waals surface area (Å²) in [4.78, 5) is 50.7. The minimum absolute atomic E-state index is 0.00398. The van der Waals surface area contributed by atoms with Crippen LogP contribution < -0.4 is 11.5 Å². The van der Waals surface area contributed by atoms with Crippen molar-refractivity contribution in [1.82, 2.24) is 9.80 Å². The molecule has 2 amide bonds. The molecule has 6 atom stereocenters. The van der Waals surface area contributed by atoms with E-state index in [9.17, 15) is 29.4 Å². The molecular weight excluding hydrogens is 769 g/mol. The van der Waals surface area contributed by atoms with Crippen LogP contribution in [0.5, 0.6) is 0 Å². The summed E-state index contributed by atoms with van der Waals surface area (Å²) >= 11 is 0. The summed E-state index contributed by atoms with van der Waals surface area (Å²) in [5, 5.41) is 36.5. The van der Waals surface area contributed by atoms with Gasteiger partial charge in [-0.2, -0.15) is 0 Å². The smallest absolute Gasteiger partial charge is 0.410 e. The standard InChI is InChI=1S/2C15H25NO4.2C8H11NO/c2*1-6-11(2)15(12(17)18)8-7-9-16(10-15)13(19)20-14(3,4)5;2*9-8(6-10)7-4-2-1-3-5-7/h2*6,11H,1,7-10H2,2-5H3,(H,17,18);2*1-5,8,10H,6,9H2/t;;2*8-/m..00/s1. The lowest BCUT2D eigenvalue weighted by Crippen LogP contribution is -2.53. The average Bonchev–Trinajstić information content (AvgIpc) is 3.22. The molecule has 0 spiro atoms. The van der Waals surface area contributed by atoms with Crippen LogP contribution in [0.2, 0.25) is 0 Å². The number of aliphatic hydroxyl groups is 2. The number of amides is 2. The Hall–Kier alpha value is -4.76. The van der Waals surface area contributed by atoms with E-state index in [4.69, 9.17) is 31.2 Å². The maximum absolute atomic E-state index is 12.1. The molecule has 2 saturated heterocycles. The number of benzene rings is 2. The Kier molecular flexibility index (Phi) is 21.7. The van der Waals surface area contributed by atoms with Crippen LogP contribution in [0.4, 0.5) is 9.59 Å². The molecule has 4 unspecified atom stereocenters. The zero-order valence-electron chi connectivity index (χ0n) is 37.0. The summed E-state index contributed by atoms with van der Waals surface area (Å²) in [7, 11) is 0. The van der Waals surface area contributed by atoms with Crippen LogP contribution in [0, 0.1) is 22.7 Å². The molecule has 2 heterocycles. The van der Waals surface area contributed by atoms with Crippen molar-refractivity contribution in [3.05, 3.63) is 97.1 Å². The third-order valence-electron chi connectivity index (χ3n) is 10.5. The predicted molar refractivity (Wildman–Crippen MR) is 234 cm³/mol. The lowest BCUT2D eigenvalue weighted by molar-refractivity contribution is -0.156. The molecule has 2 aliphatic heterocycles. The zero-order valence-corrected chi connectivity index (χ0v) is 37.0. The van der Waals surface area contributed by atoms with Crippen LogP contribution in [0.1, 0.15) is 104 Å². The first kappa shape index (κ1) is 53.3. The van der Waals surface area contributed by atoms with Gasteiger partial charge < -0.3 is 51.2 Å². The van der Waals surface area contributed by atoms with Crippen LogP contribution in [-0.2, 0) is 19.1 Å². The fraction of sp³-hybridized carbons (Fsp3) is 0.565. The number of rotatable bonds is 10. The number of allylic oxidation sites excluding steroid dienone is 2. The molecule has 336 valence electrons. The third-order valence-corrected chi connectivity index (χ3v) is 10.5. The van der Waals surface area contributed by atoms with Crippen molar-refractivity contribution in [2.75, 3.05) is 39.4 Å². The van der Waals surface area contributed by atoms with Crippen molar-refractivity contribution in [3.63, 3.8) is 0 Å². The number of carbonyl (C=O) groups excluding carboxylic acids is 2. The molecule has 14 nitrogen and oxygen atoms in total. The molecule has 0 radical (unpaired) electrons. The molecule has 0 aromatic heterocycles. The van der Waals surface area contributed by atoms with Gasteiger partial charge in [0.2, 0.25) is 0 Å². The van der Waals surface area contributed by atoms with Crippen LogP contribution in [0.15, 0.2) is 86.0 Å². The largest absolute Gasteiger partial charge is 0.481 e. The van der Waals surface area contributed by atoms with Crippen LogP contribution in [0.25, 0.3) is 0 Å². The van der Waals surface area contributed by atoms with Crippen molar-refractivity contribution >= 4 is 24.1 Å². The molecule has 2 aliphatic rings. The van der Waals surface area contributed by atoms with Crippen molar-refractivity contribution in [3.8, 4) is 0 Å². The number of likely N-dealkylation sites (tertiary alicyclic amines) is 2. The number of hydrogen-bond acceptors (Lipinski definition) is 10. The van der Waals surface area contributed by atoms with E-state index in [0.717, 1.165) is 11.1 Å². The SMILES string of the molecule is C=CC(C)C1(C(=O)O)CCCN(C(=O)OC(C)(C)C)C1.C=CC(C)C1(C(=O)O)CCCN(C(=O)OC(C)(C)C)C1.N[C@@H](CO)c1ccccc1.N[C@@H](CO)c1ccccc1. The van der Waals surface area contributed by atoms with Gasteiger partial charge in [0, 0.05) is 26.2 Å². The van der Waals surface area contributed by atoms with Crippen molar-refractivity contribution in [1.29, 1.82) is 0 Å². The number of nitrogens with two attached hydrogens (primary N) is 2. The van der Waals surface area contributed by atoms with E-state index in [-0.39, 0.29) is 50.2 Å². The van der Waals surface area contributed by atoms with Gasteiger partial charge >= 0.3 is 24.1 Å². The summed E-state index contributed by atoms with van der Waals surface area (Å²) in [6.07, 6.45) is 4.81. The first-order valence-electron chi connectivity index (χ1n) is 20.4. The zero-order chi connectivity index (χ0) is 45.9. The second-order valence-corrected chi connectivity index (χ2v) is 17.4. The predicted octanol–water partition coefficient (Wildman–Crippen LogP) is 7.18. The highest BCUT2D eigenvalue weighted by molar-refractivity contribution is 5.78.